The van der Waals surface area contributed by atoms with E-state index in [0.29, 0.717) is 28.1 Å². The molecule has 0 aliphatic rings. The van der Waals surface area contributed by atoms with Crippen LogP contribution in [0.2, 0.25) is 0 Å². The van der Waals surface area contributed by atoms with Gasteiger partial charge in [-0.1, -0.05) is 35.9 Å². The molecular formula is C28H23N3O5S. The summed E-state index contributed by atoms with van der Waals surface area (Å²) in [6, 6.07) is 27.8. The molecule has 4 rings (SSSR count). The highest BCUT2D eigenvalue weighted by Crippen LogP contribution is 2.17. The average molecular weight is 514 g/mol. The molecule has 0 fully saturated rings. The molecule has 4 aromatic carbocycles. The van der Waals surface area contributed by atoms with Crippen LogP contribution in [0.15, 0.2) is 113 Å². The van der Waals surface area contributed by atoms with E-state index in [0.717, 1.165) is 5.56 Å². The summed E-state index contributed by atoms with van der Waals surface area (Å²) in [6.07, 6.45) is 1.45. The van der Waals surface area contributed by atoms with Crippen LogP contribution >= 0.6 is 0 Å². The van der Waals surface area contributed by atoms with Crippen molar-refractivity contribution in [2.24, 2.45) is 5.10 Å². The zero-order chi connectivity index (χ0) is 26.3. The van der Waals surface area contributed by atoms with E-state index in [-0.39, 0.29) is 4.90 Å². The Bertz CT molecular complexity index is 1530. The molecule has 0 bridgehead atoms. The smallest absolute Gasteiger partial charge is 0.343 e. The van der Waals surface area contributed by atoms with Crippen LogP contribution in [0.3, 0.4) is 0 Å². The number of hydrogen-bond acceptors (Lipinski definition) is 6. The van der Waals surface area contributed by atoms with Crippen molar-refractivity contribution in [3.05, 3.63) is 125 Å². The van der Waals surface area contributed by atoms with E-state index in [2.05, 4.69) is 15.2 Å². The fourth-order valence-corrected chi connectivity index (χ4v) is 4.37. The van der Waals surface area contributed by atoms with Crippen molar-refractivity contribution >= 4 is 33.8 Å². The lowest BCUT2D eigenvalue weighted by Crippen LogP contribution is -2.18. The standard InChI is InChI=1S/C28H23N3O5S/c1-20-6-5-7-23(18-20)28(33)36-25-16-10-21(11-17-25)19-29-30-27(32)22-12-14-24(15-13-22)31-37(34,35)26-8-3-2-4-9-26/h2-19,31H,1H3,(H,30,32)/b29-19-. The largest absolute Gasteiger partial charge is 0.423 e. The summed E-state index contributed by atoms with van der Waals surface area (Å²) in [4.78, 5) is 24.8. The van der Waals surface area contributed by atoms with Crippen molar-refractivity contribution in [3.8, 4) is 5.75 Å². The first-order chi connectivity index (χ1) is 17.8. The average Bonchev–Trinajstić information content (AvgIpc) is 2.90. The summed E-state index contributed by atoms with van der Waals surface area (Å²) >= 11 is 0. The second kappa shape index (κ2) is 11.3. The summed E-state index contributed by atoms with van der Waals surface area (Å²) in [6.45, 7) is 1.90. The Balaban J connectivity index is 1.30. The molecule has 0 saturated carbocycles. The molecule has 4 aromatic rings. The number of anilines is 1. The van der Waals surface area contributed by atoms with Crippen LogP contribution in [0.1, 0.15) is 31.8 Å². The number of hydrazone groups is 1. The second-order valence-corrected chi connectivity index (χ2v) is 9.71. The first kappa shape index (κ1) is 25.3. The number of nitrogens with zero attached hydrogens (tertiary/aromatic N) is 1. The topological polar surface area (TPSA) is 114 Å². The zero-order valence-electron chi connectivity index (χ0n) is 19.8. The molecule has 8 nitrogen and oxygen atoms in total. The number of rotatable bonds is 8. The third-order valence-electron chi connectivity index (χ3n) is 5.18. The number of aryl methyl sites for hydroxylation is 1. The summed E-state index contributed by atoms with van der Waals surface area (Å²) < 4.78 is 32.7. The third kappa shape index (κ3) is 6.89. The number of nitrogens with one attached hydrogen (secondary N) is 2. The molecule has 0 aromatic heterocycles. The molecule has 0 spiro atoms. The van der Waals surface area contributed by atoms with E-state index in [4.69, 9.17) is 4.74 Å². The number of sulfonamides is 1. The Kier molecular flexibility index (Phi) is 7.75. The van der Waals surface area contributed by atoms with Gasteiger partial charge in [0.2, 0.25) is 0 Å². The van der Waals surface area contributed by atoms with Gasteiger partial charge in [0.25, 0.3) is 15.9 Å². The van der Waals surface area contributed by atoms with Gasteiger partial charge >= 0.3 is 5.97 Å². The predicted molar refractivity (Wildman–Crippen MR) is 141 cm³/mol. The van der Waals surface area contributed by atoms with Gasteiger partial charge in [-0.3, -0.25) is 9.52 Å². The number of benzene rings is 4. The van der Waals surface area contributed by atoms with Crippen LogP contribution in [0.5, 0.6) is 5.75 Å². The molecule has 9 heteroatoms. The SMILES string of the molecule is Cc1cccc(C(=O)Oc2ccc(/C=N\NC(=O)c3ccc(NS(=O)(=O)c4ccccc4)cc3)cc2)c1. The minimum Gasteiger partial charge on any atom is -0.423 e. The van der Waals surface area contributed by atoms with Gasteiger partial charge in [0.05, 0.1) is 16.7 Å². The Labute approximate surface area is 214 Å². The van der Waals surface area contributed by atoms with Gasteiger partial charge in [0.1, 0.15) is 5.75 Å². The van der Waals surface area contributed by atoms with Crippen LogP contribution in [0.25, 0.3) is 0 Å². The van der Waals surface area contributed by atoms with Crippen molar-refractivity contribution < 1.29 is 22.7 Å². The number of carbonyl (C=O) groups excluding carboxylic acids is 2. The first-order valence-electron chi connectivity index (χ1n) is 11.2. The van der Waals surface area contributed by atoms with Crippen LogP contribution in [-0.4, -0.2) is 26.5 Å². The van der Waals surface area contributed by atoms with E-state index in [9.17, 15) is 18.0 Å². The molecule has 0 unspecified atom stereocenters. The van der Waals surface area contributed by atoms with E-state index >= 15 is 0 Å². The second-order valence-electron chi connectivity index (χ2n) is 8.02. The van der Waals surface area contributed by atoms with E-state index in [1.807, 2.05) is 13.0 Å². The highest BCUT2D eigenvalue weighted by molar-refractivity contribution is 7.92. The van der Waals surface area contributed by atoms with Gasteiger partial charge in [-0.15, -0.1) is 0 Å². The van der Waals surface area contributed by atoms with E-state index < -0.39 is 21.9 Å². The monoisotopic (exact) mass is 513 g/mol. The predicted octanol–water partition coefficient (Wildman–Crippen LogP) is 4.78. The molecule has 1 amide bonds. The quantitative estimate of drug-likeness (QED) is 0.152. The van der Waals surface area contributed by atoms with E-state index in [1.54, 1.807) is 60.7 Å². The number of carbonyl (C=O) groups is 2. The van der Waals surface area contributed by atoms with Crippen molar-refractivity contribution in [1.82, 2.24) is 5.43 Å². The molecule has 2 N–H and O–H groups in total. The Morgan fingerprint density at radius 3 is 2.19 bits per heavy atom. The maximum absolute atomic E-state index is 12.4. The fourth-order valence-electron chi connectivity index (χ4n) is 3.29. The third-order valence-corrected chi connectivity index (χ3v) is 6.57. The van der Waals surface area contributed by atoms with Crippen LogP contribution < -0.4 is 14.9 Å². The lowest BCUT2D eigenvalue weighted by molar-refractivity contribution is 0.0734. The van der Waals surface area contributed by atoms with Gasteiger partial charge in [-0.05, 0) is 85.3 Å². The Morgan fingerprint density at radius 2 is 1.51 bits per heavy atom. The van der Waals surface area contributed by atoms with Gasteiger partial charge in [0, 0.05) is 11.3 Å². The Hall–Kier alpha value is -4.76. The van der Waals surface area contributed by atoms with Crippen LogP contribution in [0, 0.1) is 6.92 Å². The number of esters is 1. The molecular weight excluding hydrogens is 490 g/mol. The molecule has 37 heavy (non-hydrogen) atoms. The zero-order valence-corrected chi connectivity index (χ0v) is 20.6. The van der Waals surface area contributed by atoms with E-state index in [1.165, 1.54) is 42.6 Å². The maximum atomic E-state index is 12.4. The van der Waals surface area contributed by atoms with Crippen LogP contribution in [-0.2, 0) is 10.0 Å². The van der Waals surface area contributed by atoms with Crippen molar-refractivity contribution in [3.63, 3.8) is 0 Å². The number of amides is 1. The summed E-state index contributed by atoms with van der Waals surface area (Å²) in [5, 5.41) is 3.94. The molecule has 0 aliphatic heterocycles. The lowest BCUT2D eigenvalue weighted by atomic mass is 10.1. The highest BCUT2D eigenvalue weighted by Gasteiger charge is 2.14. The first-order valence-corrected chi connectivity index (χ1v) is 12.7. The summed E-state index contributed by atoms with van der Waals surface area (Å²) in [7, 11) is -3.72. The summed E-state index contributed by atoms with van der Waals surface area (Å²) in [5.74, 6) is -0.524. The van der Waals surface area contributed by atoms with Gasteiger partial charge in [-0.25, -0.2) is 18.6 Å². The molecule has 0 radical (unpaired) electrons. The fraction of sp³-hybridized carbons (Fsp3) is 0.0357. The molecule has 0 aliphatic carbocycles. The maximum Gasteiger partial charge on any atom is 0.343 e. The number of ether oxygens (including phenoxy) is 1. The van der Waals surface area contributed by atoms with Crippen molar-refractivity contribution in [1.29, 1.82) is 0 Å². The normalized spacial score (nSPS) is 11.2. The molecule has 0 heterocycles. The lowest BCUT2D eigenvalue weighted by Gasteiger charge is -2.08. The summed E-state index contributed by atoms with van der Waals surface area (Å²) in [5.41, 5.74) is 5.16. The number of hydrogen-bond donors (Lipinski definition) is 2. The highest BCUT2D eigenvalue weighted by atomic mass is 32.2. The molecule has 0 atom stereocenters. The molecule has 0 saturated heterocycles. The van der Waals surface area contributed by atoms with Gasteiger partial charge < -0.3 is 4.74 Å². The minimum atomic E-state index is -3.72. The molecule has 186 valence electrons. The van der Waals surface area contributed by atoms with Gasteiger partial charge in [-0.2, -0.15) is 5.10 Å². The van der Waals surface area contributed by atoms with Crippen LogP contribution in [0.4, 0.5) is 5.69 Å². The van der Waals surface area contributed by atoms with Crippen molar-refractivity contribution in [2.45, 2.75) is 11.8 Å². The minimum absolute atomic E-state index is 0.142. The Morgan fingerprint density at radius 1 is 0.811 bits per heavy atom. The van der Waals surface area contributed by atoms with Gasteiger partial charge in [0.15, 0.2) is 0 Å². The van der Waals surface area contributed by atoms with Crippen molar-refractivity contribution in [2.75, 3.05) is 4.72 Å².